The maximum absolute atomic E-state index is 9.76. The van der Waals surface area contributed by atoms with Crippen LogP contribution in [0.25, 0.3) is 0 Å². The molecule has 2 aliphatic rings. The molecule has 2 aliphatic heterocycles. The van der Waals surface area contributed by atoms with Crippen LogP contribution in [0.2, 0.25) is 0 Å². The van der Waals surface area contributed by atoms with E-state index in [4.69, 9.17) is 4.42 Å². The van der Waals surface area contributed by atoms with E-state index < -0.39 is 0 Å². The minimum absolute atomic E-state index is 0.299. The summed E-state index contributed by atoms with van der Waals surface area (Å²) in [5, 5.41) is 9.76. The lowest BCUT2D eigenvalue weighted by Gasteiger charge is -2.36. The highest BCUT2D eigenvalue weighted by Crippen LogP contribution is 2.26. The number of nitrogens with zero attached hydrogens (tertiary/aromatic N) is 3. The second kappa shape index (κ2) is 7.79. The molecule has 2 unspecified atom stereocenters. The van der Waals surface area contributed by atoms with E-state index in [9.17, 15) is 5.11 Å². The molecular formula is C18H31N3O2. The summed E-state index contributed by atoms with van der Waals surface area (Å²) in [6.45, 7) is 14.4. The van der Waals surface area contributed by atoms with Gasteiger partial charge >= 0.3 is 0 Å². The van der Waals surface area contributed by atoms with Gasteiger partial charge in [-0.2, -0.15) is 0 Å². The van der Waals surface area contributed by atoms with Crippen molar-refractivity contribution in [3.8, 4) is 0 Å². The van der Waals surface area contributed by atoms with Crippen LogP contribution in [0.1, 0.15) is 18.4 Å². The van der Waals surface area contributed by atoms with Crippen molar-refractivity contribution < 1.29 is 9.52 Å². The molecule has 3 heterocycles. The van der Waals surface area contributed by atoms with Crippen molar-refractivity contribution in [1.29, 1.82) is 0 Å². The predicted octanol–water partition coefficient (Wildman–Crippen LogP) is 1.27. The number of furan rings is 1. The first-order valence-electron chi connectivity index (χ1n) is 9.01. The molecule has 5 nitrogen and oxygen atoms in total. The second-order valence-corrected chi connectivity index (χ2v) is 7.14. The summed E-state index contributed by atoms with van der Waals surface area (Å²) >= 11 is 0. The van der Waals surface area contributed by atoms with Gasteiger partial charge in [-0.05, 0) is 37.4 Å². The highest BCUT2D eigenvalue weighted by molar-refractivity contribution is 5.06. The summed E-state index contributed by atoms with van der Waals surface area (Å²) < 4.78 is 5.70. The molecule has 0 aromatic carbocycles. The number of aliphatic hydroxyl groups excluding tert-OH is 1. The van der Waals surface area contributed by atoms with E-state index in [1.165, 1.54) is 26.2 Å². The molecule has 0 bridgehead atoms. The number of hydrogen-bond acceptors (Lipinski definition) is 5. The van der Waals surface area contributed by atoms with Gasteiger partial charge in [0, 0.05) is 52.4 Å². The van der Waals surface area contributed by atoms with Gasteiger partial charge in [0.25, 0.3) is 0 Å². The average molecular weight is 321 g/mol. The maximum atomic E-state index is 9.76. The van der Waals surface area contributed by atoms with E-state index in [2.05, 4.69) is 27.7 Å². The van der Waals surface area contributed by atoms with Crippen LogP contribution in [0.15, 0.2) is 16.5 Å². The number of piperazine rings is 1. The Morgan fingerprint density at radius 3 is 2.35 bits per heavy atom. The van der Waals surface area contributed by atoms with Crippen molar-refractivity contribution >= 4 is 0 Å². The molecule has 130 valence electrons. The predicted molar refractivity (Wildman–Crippen MR) is 91.3 cm³/mol. The monoisotopic (exact) mass is 321 g/mol. The quantitative estimate of drug-likeness (QED) is 0.855. The maximum Gasteiger partial charge on any atom is 0.118 e. The molecule has 1 aromatic heterocycles. The number of rotatable bonds is 6. The number of likely N-dealkylation sites (tertiary alicyclic amines) is 1. The molecule has 1 N–H and O–H groups in total. The van der Waals surface area contributed by atoms with E-state index >= 15 is 0 Å². The van der Waals surface area contributed by atoms with E-state index in [1.54, 1.807) is 0 Å². The van der Waals surface area contributed by atoms with Crippen molar-refractivity contribution in [3.63, 3.8) is 0 Å². The van der Waals surface area contributed by atoms with Crippen LogP contribution in [0.5, 0.6) is 0 Å². The molecule has 0 spiro atoms. The normalized spacial score (nSPS) is 27.8. The molecule has 0 radical (unpaired) electrons. The van der Waals surface area contributed by atoms with Gasteiger partial charge in [-0.25, -0.2) is 0 Å². The Morgan fingerprint density at radius 1 is 1.04 bits per heavy atom. The van der Waals surface area contributed by atoms with Gasteiger partial charge in [0.1, 0.15) is 11.5 Å². The highest BCUT2D eigenvalue weighted by atomic mass is 16.3. The zero-order chi connectivity index (χ0) is 16.2. The first-order valence-corrected chi connectivity index (χ1v) is 9.01. The van der Waals surface area contributed by atoms with Gasteiger partial charge in [-0.15, -0.1) is 0 Å². The van der Waals surface area contributed by atoms with E-state index in [0.717, 1.165) is 44.2 Å². The third-order valence-corrected chi connectivity index (χ3v) is 5.47. The topological polar surface area (TPSA) is 43.1 Å². The van der Waals surface area contributed by atoms with Gasteiger partial charge < -0.3 is 19.3 Å². The summed E-state index contributed by atoms with van der Waals surface area (Å²) in [5.74, 6) is 2.99. The Bertz CT molecular complexity index is 482. The summed E-state index contributed by atoms with van der Waals surface area (Å²) in [4.78, 5) is 7.53. The first-order chi connectivity index (χ1) is 11.2. The highest BCUT2D eigenvalue weighted by Gasteiger charge is 2.34. The Morgan fingerprint density at radius 2 is 1.74 bits per heavy atom. The van der Waals surface area contributed by atoms with Crippen molar-refractivity contribution in [2.75, 3.05) is 59.0 Å². The van der Waals surface area contributed by atoms with Gasteiger partial charge in [-0.3, -0.25) is 4.90 Å². The lowest BCUT2D eigenvalue weighted by atomic mass is 9.96. The standard InChI is InChI=1S/C18H31N3O2/c1-3-19-6-8-20(9-7-19)10-16-11-21(12-17(16)14-22)13-18-5-4-15(2)23-18/h4-5,16-17,22H,3,6-14H2,1-2H3. The molecule has 2 fully saturated rings. The van der Waals surface area contributed by atoms with E-state index in [-0.39, 0.29) is 0 Å². The average Bonchev–Trinajstić information content (AvgIpc) is 3.14. The van der Waals surface area contributed by atoms with Gasteiger partial charge in [-0.1, -0.05) is 6.92 Å². The van der Waals surface area contributed by atoms with Crippen LogP contribution in [-0.2, 0) is 6.54 Å². The molecule has 2 atom stereocenters. The summed E-state index contributed by atoms with van der Waals surface area (Å²) in [6.07, 6.45) is 0. The molecule has 5 heteroatoms. The fraction of sp³-hybridized carbons (Fsp3) is 0.778. The van der Waals surface area contributed by atoms with Crippen LogP contribution in [0, 0.1) is 18.8 Å². The van der Waals surface area contributed by atoms with Gasteiger partial charge in [0.15, 0.2) is 0 Å². The van der Waals surface area contributed by atoms with Crippen molar-refractivity contribution in [2.45, 2.75) is 20.4 Å². The Labute approximate surface area is 139 Å². The number of aliphatic hydroxyl groups is 1. The molecule has 2 saturated heterocycles. The third kappa shape index (κ3) is 4.35. The summed E-state index contributed by atoms with van der Waals surface area (Å²) in [6, 6.07) is 4.10. The molecule has 0 aliphatic carbocycles. The van der Waals surface area contributed by atoms with Crippen LogP contribution in [0.4, 0.5) is 0 Å². The smallest absolute Gasteiger partial charge is 0.118 e. The van der Waals surface area contributed by atoms with Crippen LogP contribution < -0.4 is 0 Å². The first kappa shape index (κ1) is 17.0. The van der Waals surface area contributed by atoms with Crippen molar-refractivity contribution in [2.24, 2.45) is 11.8 Å². The largest absolute Gasteiger partial charge is 0.465 e. The Balaban J connectivity index is 1.50. The number of aryl methyl sites for hydroxylation is 1. The summed E-state index contributed by atoms with van der Waals surface area (Å²) in [7, 11) is 0. The number of likely N-dealkylation sites (N-methyl/N-ethyl adjacent to an activating group) is 1. The Hall–Kier alpha value is -0.880. The summed E-state index contributed by atoms with van der Waals surface area (Å²) in [5.41, 5.74) is 0. The molecule has 0 amide bonds. The van der Waals surface area contributed by atoms with Gasteiger partial charge in [0.2, 0.25) is 0 Å². The molecule has 3 rings (SSSR count). The van der Waals surface area contributed by atoms with Gasteiger partial charge in [0.05, 0.1) is 6.54 Å². The Kier molecular flexibility index (Phi) is 5.75. The van der Waals surface area contributed by atoms with E-state index in [1.807, 2.05) is 13.0 Å². The molecular weight excluding hydrogens is 290 g/mol. The zero-order valence-corrected chi connectivity index (χ0v) is 14.6. The molecule has 0 saturated carbocycles. The lowest BCUT2D eigenvalue weighted by molar-refractivity contribution is 0.106. The minimum Gasteiger partial charge on any atom is -0.465 e. The number of hydrogen-bond donors (Lipinski definition) is 1. The van der Waals surface area contributed by atoms with Crippen LogP contribution in [-0.4, -0.2) is 78.8 Å². The SMILES string of the molecule is CCN1CCN(CC2CN(Cc3ccc(C)o3)CC2CO)CC1. The van der Waals surface area contributed by atoms with Crippen LogP contribution in [0.3, 0.4) is 0 Å². The van der Waals surface area contributed by atoms with Crippen LogP contribution >= 0.6 is 0 Å². The zero-order valence-electron chi connectivity index (χ0n) is 14.6. The van der Waals surface area contributed by atoms with E-state index in [0.29, 0.717) is 18.4 Å². The minimum atomic E-state index is 0.299. The van der Waals surface area contributed by atoms with Crippen molar-refractivity contribution in [1.82, 2.24) is 14.7 Å². The fourth-order valence-electron chi connectivity index (χ4n) is 3.99. The lowest BCUT2D eigenvalue weighted by Crippen LogP contribution is -2.48. The third-order valence-electron chi connectivity index (χ3n) is 5.47. The fourth-order valence-corrected chi connectivity index (χ4v) is 3.99. The van der Waals surface area contributed by atoms with Crippen molar-refractivity contribution in [3.05, 3.63) is 23.7 Å². The molecule has 1 aromatic rings. The molecule has 23 heavy (non-hydrogen) atoms. The second-order valence-electron chi connectivity index (χ2n) is 7.14.